The SMILES string of the molecule is O=[N+]([O-])OCCOc1cccc(CN2CCN(CC(O)COc3ccccc3)CC2)c1. The van der Waals surface area contributed by atoms with E-state index in [0.29, 0.717) is 12.3 Å². The molecule has 0 saturated carbocycles. The lowest BCUT2D eigenvalue weighted by Gasteiger charge is -2.35. The molecule has 9 nitrogen and oxygen atoms in total. The Morgan fingerprint density at radius 2 is 1.65 bits per heavy atom. The van der Waals surface area contributed by atoms with Crippen molar-refractivity contribution in [2.75, 3.05) is 52.5 Å². The van der Waals surface area contributed by atoms with Gasteiger partial charge in [0.25, 0.3) is 5.09 Å². The number of benzene rings is 2. The van der Waals surface area contributed by atoms with Crippen molar-refractivity contribution >= 4 is 0 Å². The van der Waals surface area contributed by atoms with Crippen molar-refractivity contribution < 1.29 is 24.5 Å². The highest BCUT2D eigenvalue weighted by molar-refractivity contribution is 5.28. The molecule has 1 saturated heterocycles. The van der Waals surface area contributed by atoms with Crippen LogP contribution in [0.25, 0.3) is 0 Å². The third-order valence-electron chi connectivity index (χ3n) is 4.97. The van der Waals surface area contributed by atoms with Crippen molar-refractivity contribution in [3.63, 3.8) is 0 Å². The van der Waals surface area contributed by atoms with Gasteiger partial charge in [-0.2, -0.15) is 0 Å². The summed E-state index contributed by atoms with van der Waals surface area (Å²) in [5, 5.41) is 19.6. The lowest BCUT2D eigenvalue weighted by molar-refractivity contribution is -0.757. The summed E-state index contributed by atoms with van der Waals surface area (Å²) in [4.78, 5) is 19.0. The summed E-state index contributed by atoms with van der Waals surface area (Å²) < 4.78 is 11.1. The van der Waals surface area contributed by atoms with Gasteiger partial charge in [0.05, 0.1) is 0 Å². The standard InChI is InChI=1S/C22H29N3O6/c26-20(18-30-21-6-2-1-3-7-21)17-24-11-9-23(10-12-24)16-19-5-4-8-22(15-19)29-13-14-31-25(27)28/h1-8,15,20,26H,9-14,16-18H2. The molecule has 1 aliphatic rings. The molecule has 0 aromatic heterocycles. The first-order chi connectivity index (χ1) is 15.1. The zero-order chi connectivity index (χ0) is 21.9. The number of hydrogen-bond donors (Lipinski definition) is 1. The van der Waals surface area contributed by atoms with Gasteiger partial charge in [-0.1, -0.05) is 30.3 Å². The Balaban J connectivity index is 1.35. The first-order valence-electron chi connectivity index (χ1n) is 10.4. The van der Waals surface area contributed by atoms with Crippen LogP contribution in [-0.4, -0.2) is 78.6 Å². The Bertz CT molecular complexity index is 799. The molecule has 0 spiro atoms. The molecule has 1 aliphatic heterocycles. The number of rotatable bonds is 12. The van der Waals surface area contributed by atoms with E-state index in [-0.39, 0.29) is 19.8 Å². The van der Waals surface area contributed by atoms with E-state index in [0.717, 1.165) is 44.0 Å². The minimum absolute atomic E-state index is 0.0958. The highest BCUT2D eigenvalue weighted by Crippen LogP contribution is 2.16. The molecule has 1 fully saturated rings. The van der Waals surface area contributed by atoms with Crippen molar-refractivity contribution in [3.8, 4) is 11.5 Å². The van der Waals surface area contributed by atoms with Crippen LogP contribution in [0.2, 0.25) is 0 Å². The number of piperazine rings is 1. The molecule has 0 bridgehead atoms. The van der Waals surface area contributed by atoms with Crippen LogP contribution >= 0.6 is 0 Å². The molecule has 1 atom stereocenters. The molecule has 9 heteroatoms. The van der Waals surface area contributed by atoms with Crippen molar-refractivity contribution in [2.24, 2.45) is 0 Å². The highest BCUT2D eigenvalue weighted by Gasteiger charge is 2.19. The summed E-state index contributed by atoms with van der Waals surface area (Å²) in [7, 11) is 0. The van der Waals surface area contributed by atoms with E-state index in [1.807, 2.05) is 54.6 Å². The third kappa shape index (κ3) is 8.41. The summed E-state index contributed by atoms with van der Waals surface area (Å²) in [6, 6.07) is 17.2. The Labute approximate surface area is 181 Å². The summed E-state index contributed by atoms with van der Waals surface area (Å²) >= 11 is 0. The molecule has 3 rings (SSSR count). The monoisotopic (exact) mass is 431 g/mol. The molecule has 0 aliphatic carbocycles. The number of para-hydroxylation sites is 1. The second-order valence-electron chi connectivity index (χ2n) is 7.41. The lowest BCUT2D eigenvalue weighted by atomic mass is 10.2. The second kappa shape index (κ2) is 12.1. The molecule has 1 heterocycles. The fourth-order valence-electron chi connectivity index (χ4n) is 3.45. The van der Waals surface area contributed by atoms with Crippen molar-refractivity contribution in [3.05, 3.63) is 70.3 Å². The average Bonchev–Trinajstić information content (AvgIpc) is 2.78. The maximum absolute atomic E-state index is 10.3. The van der Waals surface area contributed by atoms with E-state index in [9.17, 15) is 15.2 Å². The van der Waals surface area contributed by atoms with Gasteiger partial charge in [-0.15, -0.1) is 10.1 Å². The Kier molecular flexibility index (Phi) is 8.89. The largest absolute Gasteiger partial charge is 0.492 e. The smallest absolute Gasteiger partial charge is 0.294 e. The predicted octanol–water partition coefficient (Wildman–Crippen LogP) is 1.83. The van der Waals surface area contributed by atoms with Crippen LogP contribution in [-0.2, 0) is 11.4 Å². The Morgan fingerprint density at radius 3 is 2.39 bits per heavy atom. The quantitative estimate of drug-likeness (QED) is 0.309. The molecule has 0 amide bonds. The molecule has 168 valence electrons. The Morgan fingerprint density at radius 1 is 0.935 bits per heavy atom. The van der Waals surface area contributed by atoms with E-state index in [1.165, 1.54) is 0 Å². The Hall–Kier alpha value is -2.88. The summed E-state index contributed by atoms with van der Waals surface area (Å²) in [6.07, 6.45) is -0.528. The highest BCUT2D eigenvalue weighted by atomic mass is 17.0. The molecule has 2 aromatic carbocycles. The zero-order valence-electron chi connectivity index (χ0n) is 17.5. The normalized spacial score (nSPS) is 15.9. The van der Waals surface area contributed by atoms with E-state index in [2.05, 4.69) is 14.6 Å². The number of hydrogen-bond acceptors (Lipinski definition) is 8. The van der Waals surface area contributed by atoms with Gasteiger partial charge in [-0.25, -0.2) is 0 Å². The predicted molar refractivity (Wildman–Crippen MR) is 115 cm³/mol. The average molecular weight is 431 g/mol. The number of nitrogens with zero attached hydrogens (tertiary/aromatic N) is 3. The molecule has 1 unspecified atom stereocenters. The third-order valence-corrected chi connectivity index (χ3v) is 4.97. The van der Waals surface area contributed by atoms with E-state index in [1.54, 1.807) is 0 Å². The van der Waals surface area contributed by atoms with Crippen LogP contribution in [0.4, 0.5) is 0 Å². The van der Waals surface area contributed by atoms with Gasteiger partial charge >= 0.3 is 0 Å². The number of ether oxygens (including phenoxy) is 2. The number of aliphatic hydroxyl groups excluding tert-OH is 1. The van der Waals surface area contributed by atoms with Crippen LogP contribution in [0.1, 0.15) is 5.56 Å². The number of β-amino-alcohol motifs (C(OH)–C–C–N with tert-alkyl or cyclic N) is 1. The van der Waals surface area contributed by atoms with Gasteiger partial charge in [0.15, 0.2) is 0 Å². The molecule has 2 aromatic rings. The van der Waals surface area contributed by atoms with Crippen LogP contribution in [0.3, 0.4) is 0 Å². The van der Waals surface area contributed by atoms with E-state index < -0.39 is 11.2 Å². The zero-order valence-corrected chi connectivity index (χ0v) is 17.5. The first-order valence-corrected chi connectivity index (χ1v) is 10.4. The topological polar surface area (TPSA) is 97.5 Å². The maximum Gasteiger partial charge on any atom is 0.294 e. The minimum atomic E-state index is -0.825. The van der Waals surface area contributed by atoms with E-state index >= 15 is 0 Å². The van der Waals surface area contributed by atoms with Crippen LogP contribution in [0, 0.1) is 10.1 Å². The number of aliphatic hydroxyl groups is 1. The summed E-state index contributed by atoms with van der Waals surface area (Å²) in [5.41, 5.74) is 1.12. The molecule has 31 heavy (non-hydrogen) atoms. The molecule has 1 N–H and O–H groups in total. The van der Waals surface area contributed by atoms with Crippen LogP contribution in [0.5, 0.6) is 11.5 Å². The lowest BCUT2D eigenvalue weighted by Crippen LogP contribution is -2.48. The van der Waals surface area contributed by atoms with Crippen molar-refractivity contribution in [2.45, 2.75) is 12.6 Å². The fraction of sp³-hybridized carbons (Fsp3) is 0.455. The molecular formula is C22H29N3O6. The molecule has 0 radical (unpaired) electrons. The summed E-state index contributed by atoms with van der Waals surface area (Å²) in [5.74, 6) is 1.44. The van der Waals surface area contributed by atoms with E-state index in [4.69, 9.17) is 9.47 Å². The fourth-order valence-corrected chi connectivity index (χ4v) is 3.45. The van der Waals surface area contributed by atoms with Crippen molar-refractivity contribution in [1.29, 1.82) is 0 Å². The van der Waals surface area contributed by atoms with Gasteiger partial charge in [0.2, 0.25) is 0 Å². The molecular weight excluding hydrogens is 402 g/mol. The van der Waals surface area contributed by atoms with Crippen LogP contribution in [0.15, 0.2) is 54.6 Å². The van der Waals surface area contributed by atoms with Crippen LogP contribution < -0.4 is 9.47 Å². The van der Waals surface area contributed by atoms with Gasteiger partial charge in [-0.3, -0.25) is 9.80 Å². The van der Waals surface area contributed by atoms with Gasteiger partial charge < -0.3 is 19.4 Å². The maximum atomic E-state index is 10.3. The second-order valence-corrected chi connectivity index (χ2v) is 7.41. The van der Waals surface area contributed by atoms with Gasteiger partial charge in [0.1, 0.15) is 37.4 Å². The van der Waals surface area contributed by atoms with Gasteiger partial charge in [0, 0.05) is 39.3 Å². The minimum Gasteiger partial charge on any atom is -0.492 e. The van der Waals surface area contributed by atoms with Gasteiger partial charge in [-0.05, 0) is 29.8 Å². The summed E-state index contributed by atoms with van der Waals surface area (Å²) in [6.45, 7) is 5.30. The van der Waals surface area contributed by atoms with Crippen molar-refractivity contribution in [1.82, 2.24) is 9.80 Å². The first kappa shape index (κ1) is 22.8.